The number of ether oxygens (including phenoxy) is 1. The Morgan fingerprint density at radius 2 is 1.62 bits per heavy atom. The van der Waals surface area contributed by atoms with Gasteiger partial charge in [-0.15, -0.1) is 0 Å². The molecule has 0 unspecified atom stereocenters. The number of rotatable bonds is 7. The lowest BCUT2D eigenvalue weighted by Crippen LogP contribution is -2.36. The molecule has 0 N–H and O–H groups in total. The maximum Gasteiger partial charge on any atom is 0.321 e. The standard InChI is InChI=1S/C18H19NO4S/c1-23-18(20)15-19(14-8-11-16-9-4-2-5-10-16)24(21,22)17-12-6-3-7-13-17/h2-13H,14-15H2,1H3/b11-8+. The third-order valence-corrected chi connectivity index (χ3v) is 5.16. The van der Waals surface area contributed by atoms with Crippen molar-refractivity contribution in [2.75, 3.05) is 20.2 Å². The molecule has 24 heavy (non-hydrogen) atoms. The molecule has 0 aliphatic carbocycles. The first-order valence-corrected chi connectivity index (χ1v) is 8.81. The minimum atomic E-state index is -3.78. The summed E-state index contributed by atoms with van der Waals surface area (Å²) >= 11 is 0. The van der Waals surface area contributed by atoms with Crippen molar-refractivity contribution in [3.05, 3.63) is 72.3 Å². The zero-order valence-electron chi connectivity index (χ0n) is 13.3. The predicted molar refractivity (Wildman–Crippen MR) is 92.7 cm³/mol. The minimum absolute atomic E-state index is 0.0707. The molecule has 0 saturated carbocycles. The van der Waals surface area contributed by atoms with Crippen LogP contribution in [0.1, 0.15) is 5.56 Å². The van der Waals surface area contributed by atoms with Gasteiger partial charge in [0.15, 0.2) is 0 Å². The van der Waals surface area contributed by atoms with Crippen molar-refractivity contribution in [1.82, 2.24) is 4.31 Å². The average molecular weight is 345 g/mol. The number of carbonyl (C=O) groups is 1. The van der Waals surface area contributed by atoms with E-state index in [4.69, 9.17) is 0 Å². The van der Waals surface area contributed by atoms with E-state index in [1.807, 2.05) is 36.4 Å². The molecule has 0 aliphatic heterocycles. The number of hydrogen-bond donors (Lipinski definition) is 0. The number of benzene rings is 2. The number of esters is 1. The van der Waals surface area contributed by atoms with Crippen LogP contribution >= 0.6 is 0 Å². The second-order valence-electron chi connectivity index (χ2n) is 5.00. The Balaban J connectivity index is 2.21. The lowest BCUT2D eigenvalue weighted by molar-refractivity contribution is -0.140. The fraction of sp³-hybridized carbons (Fsp3) is 0.167. The number of sulfonamides is 1. The van der Waals surface area contributed by atoms with Gasteiger partial charge in [0.2, 0.25) is 10.0 Å². The maximum atomic E-state index is 12.7. The molecule has 0 bridgehead atoms. The molecule has 0 aliphatic rings. The Labute approximate surface area is 142 Å². The Morgan fingerprint density at radius 1 is 1.04 bits per heavy atom. The van der Waals surface area contributed by atoms with Crippen molar-refractivity contribution in [3.63, 3.8) is 0 Å². The molecule has 6 heteroatoms. The first-order valence-electron chi connectivity index (χ1n) is 7.37. The van der Waals surface area contributed by atoms with Gasteiger partial charge in [0.1, 0.15) is 6.54 Å². The zero-order chi connectivity index (χ0) is 17.4. The molecule has 5 nitrogen and oxygen atoms in total. The first kappa shape index (κ1) is 17.9. The molecule has 126 valence electrons. The van der Waals surface area contributed by atoms with Gasteiger partial charge in [-0.05, 0) is 17.7 Å². The topological polar surface area (TPSA) is 63.7 Å². The molecule has 0 radical (unpaired) electrons. The summed E-state index contributed by atoms with van der Waals surface area (Å²) in [5.74, 6) is -0.609. The van der Waals surface area contributed by atoms with Gasteiger partial charge in [0.05, 0.1) is 12.0 Å². The number of carbonyl (C=O) groups excluding carboxylic acids is 1. The van der Waals surface area contributed by atoms with Gasteiger partial charge in [-0.1, -0.05) is 60.7 Å². The monoisotopic (exact) mass is 345 g/mol. The van der Waals surface area contributed by atoms with Crippen molar-refractivity contribution in [2.45, 2.75) is 4.90 Å². The molecular weight excluding hydrogens is 326 g/mol. The highest BCUT2D eigenvalue weighted by molar-refractivity contribution is 7.89. The van der Waals surface area contributed by atoms with E-state index in [0.29, 0.717) is 0 Å². The van der Waals surface area contributed by atoms with Crippen molar-refractivity contribution in [3.8, 4) is 0 Å². The van der Waals surface area contributed by atoms with Crippen LogP contribution < -0.4 is 0 Å². The summed E-state index contributed by atoms with van der Waals surface area (Å²) in [6.45, 7) is -0.270. The van der Waals surface area contributed by atoms with E-state index in [1.54, 1.807) is 24.3 Å². The van der Waals surface area contributed by atoms with Gasteiger partial charge < -0.3 is 4.74 Å². The Bertz CT molecular complexity index is 786. The van der Waals surface area contributed by atoms with Crippen LogP contribution in [-0.2, 0) is 19.6 Å². The lowest BCUT2D eigenvalue weighted by Gasteiger charge is -2.19. The summed E-state index contributed by atoms with van der Waals surface area (Å²) < 4.78 is 31.1. The predicted octanol–water partition coefficient (Wildman–Crippen LogP) is 2.56. The molecule has 0 saturated heterocycles. The lowest BCUT2D eigenvalue weighted by atomic mass is 10.2. The largest absolute Gasteiger partial charge is 0.468 e. The van der Waals surface area contributed by atoms with Gasteiger partial charge in [0.25, 0.3) is 0 Å². The van der Waals surface area contributed by atoms with Gasteiger partial charge in [-0.25, -0.2) is 8.42 Å². The van der Waals surface area contributed by atoms with Crippen molar-refractivity contribution in [1.29, 1.82) is 0 Å². The molecule has 0 fully saturated rings. The summed E-state index contributed by atoms with van der Waals surface area (Å²) in [6, 6.07) is 17.5. The highest BCUT2D eigenvalue weighted by Crippen LogP contribution is 2.15. The van der Waals surface area contributed by atoms with Gasteiger partial charge in [-0.2, -0.15) is 4.31 Å². The molecule has 2 aromatic rings. The van der Waals surface area contributed by atoms with Crippen molar-refractivity contribution >= 4 is 22.1 Å². The molecular formula is C18H19NO4S. The molecule has 0 amide bonds. The van der Waals surface area contributed by atoms with Crippen LogP contribution in [0.25, 0.3) is 6.08 Å². The van der Waals surface area contributed by atoms with Crippen LogP contribution in [0.5, 0.6) is 0 Å². The minimum Gasteiger partial charge on any atom is -0.468 e. The Hall–Kier alpha value is -2.44. The summed E-state index contributed by atoms with van der Waals surface area (Å²) in [7, 11) is -2.55. The van der Waals surface area contributed by atoms with E-state index >= 15 is 0 Å². The highest BCUT2D eigenvalue weighted by Gasteiger charge is 2.25. The zero-order valence-corrected chi connectivity index (χ0v) is 14.1. The van der Waals surface area contributed by atoms with Crippen molar-refractivity contribution in [2.24, 2.45) is 0 Å². The summed E-state index contributed by atoms with van der Waals surface area (Å²) in [4.78, 5) is 11.7. The van der Waals surface area contributed by atoms with Crippen LogP contribution in [0.3, 0.4) is 0 Å². The van der Waals surface area contributed by atoms with Crippen LogP contribution in [0.4, 0.5) is 0 Å². The van der Waals surface area contributed by atoms with Gasteiger partial charge in [0, 0.05) is 6.54 Å². The quantitative estimate of drug-likeness (QED) is 0.724. The van der Waals surface area contributed by atoms with E-state index in [0.717, 1.165) is 9.87 Å². The number of methoxy groups -OCH3 is 1. The summed E-state index contributed by atoms with van der Waals surface area (Å²) in [5, 5.41) is 0. The second kappa shape index (κ2) is 8.42. The molecule has 0 aromatic heterocycles. The smallest absolute Gasteiger partial charge is 0.321 e. The number of nitrogens with zero attached hydrogens (tertiary/aromatic N) is 1. The average Bonchev–Trinajstić information content (AvgIpc) is 2.62. The fourth-order valence-corrected chi connectivity index (χ4v) is 3.43. The third kappa shape index (κ3) is 4.78. The first-order chi connectivity index (χ1) is 11.5. The van der Waals surface area contributed by atoms with E-state index in [2.05, 4.69) is 4.74 Å². The van der Waals surface area contributed by atoms with Crippen LogP contribution in [0, 0.1) is 0 Å². The van der Waals surface area contributed by atoms with Crippen molar-refractivity contribution < 1.29 is 17.9 Å². The molecule has 0 atom stereocenters. The van der Waals surface area contributed by atoms with Gasteiger partial charge >= 0.3 is 5.97 Å². The van der Waals surface area contributed by atoms with E-state index in [9.17, 15) is 13.2 Å². The van der Waals surface area contributed by atoms with Crippen LogP contribution in [0.15, 0.2) is 71.6 Å². The van der Waals surface area contributed by atoms with Gasteiger partial charge in [-0.3, -0.25) is 4.79 Å². The Morgan fingerprint density at radius 3 is 2.21 bits per heavy atom. The maximum absolute atomic E-state index is 12.7. The Kier molecular flexibility index (Phi) is 6.28. The summed E-state index contributed by atoms with van der Waals surface area (Å²) in [5.41, 5.74) is 0.952. The normalized spacial score (nSPS) is 11.8. The van der Waals surface area contributed by atoms with E-state index < -0.39 is 16.0 Å². The molecule has 0 spiro atoms. The number of hydrogen-bond acceptors (Lipinski definition) is 4. The highest BCUT2D eigenvalue weighted by atomic mass is 32.2. The fourth-order valence-electron chi connectivity index (χ4n) is 2.07. The SMILES string of the molecule is COC(=O)CN(C/C=C/c1ccccc1)S(=O)(=O)c1ccccc1. The van der Waals surface area contributed by atoms with E-state index in [1.165, 1.54) is 19.2 Å². The molecule has 0 heterocycles. The van der Waals surface area contributed by atoms with E-state index in [-0.39, 0.29) is 18.0 Å². The third-order valence-electron chi connectivity index (χ3n) is 3.33. The summed E-state index contributed by atoms with van der Waals surface area (Å²) in [6.07, 6.45) is 3.52. The molecule has 2 aromatic carbocycles. The van der Waals surface area contributed by atoms with Crippen LogP contribution in [-0.4, -0.2) is 38.9 Å². The molecule has 2 rings (SSSR count). The second-order valence-corrected chi connectivity index (χ2v) is 6.94. The van der Waals surface area contributed by atoms with Crippen LogP contribution in [0.2, 0.25) is 0 Å².